The molecule has 4 aromatic rings. The highest BCUT2D eigenvalue weighted by atomic mass is 32.2. The van der Waals surface area contributed by atoms with Crippen LogP contribution in [0, 0.1) is 10.1 Å². The summed E-state index contributed by atoms with van der Waals surface area (Å²) in [7, 11) is 0. The molecular weight excluding hydrogens is 384 g/mol. The standard InChI is InChI=1S/C18H14N4O3S2/c1-2-9-21-16(23)12-5-3-4-6-13(12)19-17(21)27-18-20-14-8-7-11(22(24)25)10-15(14)26-18/h3-8,10H,2,9H2,1H3. The highest BCUT2D eigenvalue weighted by Gasteiger charge is 2.15. The number of thiazole rings is 1. The number of nitrogens with zero attached hydrogens (tertiary/aromatic N) is 4. The predicted molar refractivity (Wildman–Crippen MR) is 107 cm³/mol. The number of hydrogen-bond acceptors (Lipinski definition) is 7. The van der Waals surface area contributed by atoms with Crippen molar-refractivity contribution < 1.29 is 4.92 Å². The average Bonchev–Trinajstić information content (AvgIpc) is 3.06. The number of nitro benzene ring substituents is 1. The van der Waals surface area contributed by atoms with Crippen molar-refractivity contribution in [2.45, 2.75) is 29.4 Å². The van der Waals surface area contributed by atoms with Crippen LogP contribution < -0.4 is 5.56 Å². The maximum absolute atomic E-state index is 12.8. The minimum atomic E-state index is -0.421. The van der Waals surface area contributed by atoms with Gasteiger partial charge >= 0.3 is 0 Å². The molecule has 0 aliphatic rings. The van der Waals surface area contributed by atoms with E-state index in [9.17, 15) is 14.9 Å². The van der Waals surface area contributed by atoms with Crippen LogP contribution in [0.1, 0.15) is 13.3 Å². The molecule has 0 unspecified atom stereocenters. The monoisotopic (exact) mass is 398 g/mol. The molecule has 0 fully saturated rings. The molecule has 2 aromatic carbocycles. The SMILES string of the molecule is CCCn1c(Sc2nc3ccc([N+](=O)[O-])cc3s2)nc2ccccc2c1=O. The lowest BCUT2D eigenvalue weighted by Gasteiger charge is -2.10. The second-order valence-corrected chi connectivity index (χ2v) is 8.10. The first-order valence-corrected chi connectivity index (χ1v) is 9.92. The number of rotatable bonds is 5. The third-order valence-electron chi connectivity index (χ3n) is 4.02. The molecule has 0 bridgehead atoms. The average molecular weight is 398 g/mol. The molecule has 7 nitrogen and oxygen atoms in total. The first kappa shape index (κ1) is 17.6. The van der Waals surface area contributed by atoms with Crippen LogP contribution >= 0.6 is 23.1 Å². The third-order valence-corrected chi connectivity index (χ3v) is 6.09. The molecule has 0 saturated carbocycles. The zero-order valence-corrected chi connectivity index (χ0v) is 15.9. The molecular formula is C18H14N4O3S2. The van der Waals surface area contributed by atoms with Crippen LogP contribution in [0.2, 0.25) is 0 Å². The van der Waals surface area contributed by atoms with Crippen molar-refractivity contribution in [3.05, 3.63) is 62.9 Å². The smallest absolute Gasteiger partial charge is 0.270 e. The van der Waals surface area contributed by atoms with Gasteiger partial charge in [-0.2, -0.15) is 0 Å². The van der Waals surface area contributed by atoms with Crippen molar-refractivity contribution in [2.24, 2.45) is 0 Å². The summed E-state index contributed by atoms with van der Waals surface area (Å²) in [6.07, 6.45) is 0.805. The lowest BCUT2D eigenvalue weighted by molar-refractivity contribution is -0.384. The predicted octanol–water partition coefficient (Wildman–Crippen LogP) is 4.48. The van der Waals surface area contributed by atoms with Gasteiger partial charge in [-0.05, 0) is 36.4 Å². The van der Waals surface area contributed by atoms with Gasteiger partial charge in [-0.15, -0.1) is 11.3 Å². The highest BCUT2D eigenvalue weighted by Crippen LogP contribution is 2.35. The molecule has 0 saturated heterocycles. The molecule has 0 radical (unpaired) electrons. The Hall–Kier alpha value is -2.78. The van der Waals surface area contributed by atoms with Crippen molar-refractivity contribution in [1.82, 2.24) is 14.5 Å². The summed E-state index contributed by atoms with van der Waals surface area (Å²) in [6.45, 7) is 2.57. The Morgan fingerprint density at radius 1 is 1.19 bits per heavy atom. The number of hydrogen-bond donors (Lipinski definition) is 0. The van der Waals surface area contributed by atoms with Crippen LogP contribution in [0.25, 0.3) is 21.1 Å². The van der Waals surface area contributed by atoms with Crippen LogP contribution in [-0.2, 0) is 6.54 Å². The Balaban J connectivity index is 1.80. The maximum atomic E-state index is 12.8. The van der Waals surface area contributed by atoms with E-state index in [-0.39, 0.29) is 11.2 Å². The van der Waals surface area contributed by atoms with Gasteiger partial charge in [0.2, 0.25) is 0 Å². The van der Waals surface area contributed by atoms with Gasteiger partial charge in [-0.25, -0.2) is 9.97 Å². The van der Waals surface area contributed by atoms with Gasteiger partial charge in [0.15, 0.2) is 9.50 Å². The first-order valence-electron chi connectivity index (χ1n) is 8.29. The molecule has 4 rings (SSSR count). The summed E-state index contributed by atoms with van der Waals surface area (Å²) in [5.41, 5.74) is 1.31. The summed E-state index contributed by atoms with van der Waals surface area (Å²) in [5, 5.41) is 12.1. The second-order valence-electron chi connectivity index (χ2n) is 5.86. The number of fused-ring (bicyclic) bond motifs is 2. The lowest BCUT2D eigenvalue weighted by atomic mass is 10.2. The Kier molecular flexibility index (Phi) is 4.63. The maximum Gasteiger partial charge on any atom is 0.270 e. The Morgan fingerprint density at radius 3 is 2.78 bits per heavy atom. The number of benzene rings is 2. The van der Waals surface area contributed by atoms with Crippen molar-refractivity contribution in [3.63, 3.8) is 0 Å². The largest absolute Gasteiger partial charge is 0.287 e. The van der Waals surface area contributed by atoms with E-state index in [4.69, 9.17) is 0 Å². The first-order chi connectivity index (χ1) is 13.1. The summed E-state index contributed by atoms with van der Waals surface area (Å²) < 4.78 is 3.09. The summed E-state index contributed by atoms with van der Waals surface area (Å²) >= 11 is 2.67. The molecule has 0 amide bonds. The van der Waals surface area contributed by atoms with Gasteiger partial charge in [0.05, 0.1) is 26.0 Å². The molecule has 2 heterocycles. The lowest BCUT2D eigenvalue weighted by Crippen LogP contribution is -2.23. The molecule has 27 heavy (non-hydrogen) atoms. The molecule has 0 aliphatic heterocycles. The minimum Gasteiger partial charge on any atom is -0.287 e. The van der Waals surface area contributed by atoms with Crippen molar-refractivity contribution >= 4 is 49.9 Å². The minimum absolute atomic E-state index is 0.0365. The van der Waals surface area contributed by atoms with Crippen molar-refractivity contribution in [1.29, 1.82) is 0 Å². The Labute approximate surface area is 161 Å². The second kappa shape index (κ2) is 7.09. The van der Waals surface area contributed by atoms with Crippen LogP contribution in [0.4, 0.5) is 5.69 Å². The van der Waals surface area contributed by atoms with E-state index >= 15 is 0 Å². The van der Waals surface area contributed by atoms with Gasteiger partial charge in [0, 0.05) is 18.7 Å². The van der Waals surface area contributed by atoms with E-state index in [0.717, 1.165) is 11.1 Å². The zero-order chi connectivity index (χ0) is 19.0. The fraction of sp³-hybridized carbons (Fsp3) is 0.167. The summed E-state index contributed by atoms with van der Waals surface area (Å²) in [4.78, 5) is 32.5. The van der Waals surface area contributed by atoms with Crippen molar-refractivity contribution in [2.75, 3.05) is 0 Å². The number of non-ortho nitro benzene ring substituents is 1. The topological polar surface area (TPSA) is 90.9 Å². The highest BCUT2D eigenvalue weighted by molar-refractivity contribution is 8.01. The molecule has 136 valence electrons. The molecule has 0 spiro atoms. The van der Waals surface area contributed by atoms with E-state index < -0.39 is 4.92 Å². The zero-order valence-electron chi connectivity index (χ0n) is 14.3. The summed E-state index contributed by atoms with van der Waals surface area (Å²) in [6, 6.07) is 11.9. The molecule has 0 atom stereocenters. The van der Waals surface area contributed by atoms with Gasteiger partial charge in [0.1, 0.15) is 0 Å². The van der Waals surface area contributed by atoms with Crippen LogP contribution in [-0.4, -0.2) is 19.5 Å². The van der Waals surface area contributed by atoms with Gasteiger partial charge < -0.3 is 0 Å². The van der Waals surface area contributed by atoms with Crippen LogP contribution in [0.15, 0.2) is 56.8 Å². The van der Waals surface area contributed by atoms with Gasteiger partial charge in [-0.3, -0.25) is 19.5 Å². The summed E-state index contributed by atoms with van der Waals surface area (Å²) in [5.74, 6) is 0. The fourth-order valence-electron chi connectivity index (χ4n) is 2.77. The van der Waals surface area contributed by atoms with Gasteiger partial charge in [0.25, 0.3) is 11.2 Å². The normalized spacial score (nSPS) is 11.3. The van der Waals surface area contributed by atoms with E-state index in [2.05, 4.69) is 9.97 Å². The Bertz CT molecular complexity index is 1230. The van der Waals surface area contributed by atoms with E-state index in [1.54, 1.807) is 16.7 Å². The third kappa shape index (κ3) is 3.31. The number of nitro groups is 1. The quantitative estimate of drug-likeness (QED) is 0.280. The molecule has 0 N–H and O–H groups in total. The van der Waals surface area contributed by atoms with Crippen LogP contribution in [0.3, 0.4) is 0 Å². The molecule has 2 aromatic heterocycles. The Morgan fingerprint density at radius 2 is 2.00 bits per heavy atom. The van der Waals surface area contributed by atoms with E-state index in [0.29, 0.717) is 32.5 Å². The molecule has 9 heteroatoms. The van der Waals surface area contributed by atoms with Gasteiger partial charge in [-0.1, -0.05) is 19.1 Å². The van der Waals surface area contributed by atoms with E-state index in [1.807, 2.05) is 25.1 Å². The number of para-hydroxylation sites is 1. The van der Waals surface area contributed by atoms with E-state index in [1.165, 1.54) is 35.2 Å². The van der Waals surface area contributed by atoms with Crippen LogP contribution in [0.5, 0.6) is 0 Å². The number of aromatic nitrogens is 3. The van der Waals surface area contributed by atoms with Crippen molar-refractivity contribution in [3.8, 4) is 0 Å². The molecule has 0 aliphatic carbocycles. The fourth-order valence-corrected chi connectivity index (χ4v) is 4.89.